The Hall–Kier alpha value is -1.30. The summed E-state index contributed by atoms with van der Waals surface area (Å²) in [7, 11) is 3.47. The molecule has 0 heterocycles. The Morgan fingerprint density at radius 2 is 2.00 bits per heavy atom. The zero-order valence-electron chi connectivity index (χ0n) is 9.28. The lowest BCUT2D eigenvalue weighted by atomic mass is 10.3. The fourth-order valence-corrected chi connectivity index (χ4v) is 0.937. The third kappa shape index (κ3) is 9.01. The van der Waals surface area contributed by atoms with Crippen LogP contribution < -0.4 is 11.1 Å². The third-order valence-corrected chi connectivity index (χ3v) is 1.77. The summed E-state index contributed by atoms with van der Waals surface area (Å²) in [5, 5.41) is 3.03. The number of hydrogen-bond donors (Lipinski definition) is 2. The van der Waals surface area contributed by atoms with Gasteiger partial charge in [0.05, 0.1) is 0 Å². The second kappa shape index (κ2) is 8.05. The predicted octanol–water partition coefficient (Wildman–Crippen LogP) is -0.460. The van der Waals surface area contributed by atoms with Crippen molar-refractivity contribution < 1.29 is 14.3 Å². The third-order valence-electron chi connectivity index (χ3n) is 1.77. The smallest absolute Gasteiger partial charge is 0.404 e. The highest BCUT2D eigenvalue weighted by molar-refractivity contribution is 5.75. The maximum absolute atomic E-state index is 11.1. The van der Waals surface area contributed by atoms with Crippen LogP contribution in [0.15, 0.2) is 0 Å². The number of nitrogens with two attached hydrogens (primary N) is 1. The number of primary amides is 1. The highest BCUT2D eigenvalue weighted by atomic mass is 16.5. The van der Waals surface area contributed by atoms with Gasteiger partial charge < -0.3 is 20.7 Å². The van der Waals surface area contributed by atoms with Gasteiger partial charge in [-0.25, -0.2) is 4.79 Å². The molecule has 0 aliphatic rings. The Morgan fingerprint density at radius 1 is 1.33 bits per heavy atom. The molecule has 0 fully saturated rings. The molecule has 15 heavy (non-hydrogen) atoms. The monoisotopic (exact) mass is 217 g/mol. The molecule has 0 rings (SSSR count). The molecule has 0 saturated heterocycles. The van der Waals surface area contributed by atoms with Gasteiger partial charge in [-0.3, -0.25) is 4.79 Å². The number of carbonyl (C=O) groups is 2. The molecule has 88 valence electrons. The minimum Gasteiger partial charge on any atom is -0.448 e. The number of amides is 2. The van der Waals surface area contributed by atoms with Gasteiger partial charge in [-0.15, -0.1) is 0 Å². The molecule has 6 nitrogen and oxygen atoms in total. The first-order valence-corrected chi connectivity index (χ1v) is 4.87. The SMILES string of the molecule is CN(C)C(=O)CCCNCCOC(N)=O. The Morgan fingerprint density at radius 3 is 2.53 bits per heavy atom. The van der Waals surface area contributed by atoms with Crippen molar-refractivity contribution >= 4 is 12.0 Å². The Kier molecular flexibility index (Phi) is 7.35. The van der Waals surface area contributed by atoms with E-state index in [2.05, 4.69) is 10.1 Å². The lowest BCUT2D eigenvalue weighted by molar-refractivity contribution is -0.128. The van der Waals surface area contributed by atoms with E-state index >= 15 is 0 Å². The quantitative estimate of drug-likeness (QED) is 0.565. The van der Waals surface area contributed by atoms with Gasteiger partial charge in [-0.1, -0.05) is 0 Å². The number of rotatable bonds is 7. The number of hydrogen-bond acceptors (Lipinski definition) is 4. The summed E-state index contributed by atoms with van der Waals surface area (Å²) in [5.41, 5.74) is 4.77. The van der Waals surface area contributed by atoms with Gasteiger partial charge in [0.2, 0.25) is 5.91 Å². The zero-order valence-corrected chi connectivity index (χ0v) is 9.28. The minimum atomic E-state index is -0.764. The Labute approximate surface area is 89.7 Å². The molecule has 0 aliphatic heterocycles. The number of carbonyl (C=O) groups excluding carboxylic acids is 2. The van der Waals surface area contributed by atoms with E-state index in [4.69, 9.17) is 5.73 Å². The van der Waals surface area contributed by atoms with Crippen molar-refractivity contribution in [3.05, 3.63) is 0 Å². The van der Waals surface area contributed by atoms with Gasteiger partial charge in [0.25, 0.3) is 0 Å². The number of nitrogens with one attached hydrogen (secondary N) is 1. The first-order valence-electron chi connectivity index (χ1n) is 4.87. The molecule has 0 bridgehead atoms. The normalized spacial score (nSPS) is 9.73. The van der Waals surface area contributed by atoms with E-state index in [0.717, 1.165) is 13.0 Å². The van der Waals surface area contributed by atoms with Crippen molar-refractivity contribution in [1.82, 2.24) is 10.2 Å². The molecule has 0 unspecified atom stereocenters. The fraction of sp³-hybridized carbons (Fsp3) is 0.778. The molecule has 0 aromatic heterocycles. The van der Waals surface area contributed by atoms with Crippen LogP contribution in [0.1, 0.15) is 12.8 Å². The van der Waals surface area contributed by atoms with Gasteiger partial charge in [0, 0.05) is 27.1 Å². The summed E-state index contributed by atoms with van der Waals surface area (Å²) in [6.07, 6.45) is 0.532. The summed E-state index contributed by atoms with van der Waals surface area (Å²) in [5.74, 6) is 0.116. The van der Waals surface area contributed by atoms with Crippen LogP contribution in [0.25, 0.3) is 0 Å². The molecule has 0 aliphatic carbocycles. The molecule has 0 aromatic rings. The topological polar surface area (TPSA) is 84.7 Å². The Balaban J connectivity index is 3.18. The van der Waals surface area contributed by atoms with Crippen LogP contribution in [0.2, 0.25) is 0 Å². The van der Waals surface area contributed by atoms with Gasteiger partial charge in [-0.2, -0.15) is 0 Å². The zero-order chi connectivity index (χ0) is 11.7. The van der Waals surface area contributed by atoms with Crippen LogP contribution in [-0.4, -0.2) is 50.7 Å². The van der Waals surface area contributed by atoms with Crippen LogP contribution in [0.3, 0.4) is 0 Å². The molecular formula is C9H19N3O3. The van der Waals surface area contributed by atoms with E-state index in [1.54, 1.807) is 19.0 Å². The maximum Gasteiger partial charge on any atom is 0.404 e. The van der Waals surface area contributed by atoms with Crippen LogP contribution in [0, 0.1) is 0 Å². The van der Waals surface area contributed by atoms with Crippen LogP contribution in [0.4, 0.5) is 4.79 Å². The van der Waals surface area contributed by atoms with Crippen molar-refractivity contribution in [2.45, 2.75) is 12.8 Å². The molecule has 6 heteroatoms. The number of ether oxygens (including phenoxy) is 1. The van der Waals surface area contributed by atoms with E-state index in [1.807, 2.05) is 0 Å². The summed E-state index contributed by atoms with van der Waals surface area (Å²) < 4.78 is 4.51. The number of nitrogens with zero attached hydrogens (tertiary/aromatic N) is 1. The van der Waals surface area contributed by atoms with E-state index in [-0.39, 0.29) is 12.5 Å². The highest BCUT2D eigenvalue weighted by Gasteiger charge is 2.02. The van der Waals surface area contributed by atoms with Gasteiger partial charge in [0.1, 0.15) is 6.61 Å². The van der Waals surface area contributed by atoms with Crippen LogP contribution in [0.5, 0.6) is 0 Å². The second-order valence-corrected chi connectivity index (χ2v) is 3.31. The van der Waals surface area contributed by atoms with E-state index in [0.29, 0.717) is 13.0 Å². The maximum atomic E-state index is 11.1. The van der Waals surface area contributed by atoms with Gasteiger partial charge in [0.15, 0.2) is 0 Å². The van der Waals surface area contributed by atoms with E-state index < -0.39 is 6.09 Å². The van der Waals surface area contributed by atoms with Gasteiger partial charge >= 0.3 is 6.09 Å². The van der Waals surface area contributed by atoms with Crippen molar-refractivity contribution in [2.75, 3.05) is 33.8 Å². The summed E-state index contributed by atoms with van der Waals surface area (Å²) in [6, 6.07) is 0. The highest BCUT2D eigenvalue weighted by Crippen LogP contribution is 1.91. The lowest BCUT2D eigenvalue weighted by Crippen LogP contribution is -2.26. The van der Waals surface area contributed by atoms with Crippen molar-refractivity contribution in [1.29, 1.82) is 0 Å². The van der Waals surface area contributed by atoms with Crippen molar-refractivity contribution in [3.8, 4) is 0 Å². The second-order valence-electron chi connectivity index (χ2n) is 3.31. The minimum absolute atomic E-state index is 0.116. The summed E-state index contributed by atoms with van der Waals surface area (Å²) in [6.45, 7) is 1.54. The largest absolute Gasteiger partial charge is 0.448 e. The van der Waals surface area contributed by atoms with Crippen molar-refractivity contribution in [2.24, 2.45) is 5.73 Å². The van der Waals surface area contributed by atoms with Crippen LogP contribution >= 0.6 is 0 Å². The summed E-state index contributed by atoms with van der Waals surface area (Å²) in [4.78, 5) is 22.9. The van der Waals surface area contributed by atoms with Crippen molar-refractivity contribution in [3.63, 3.8) is 0 Å². The summed E-state index contributed by atoms with van der Waals surface area (Å²) >= 11 is 0. The molecule has 0 spiro atoms. The molecule has 0 saturated carbocycles. The molecule has 0 aromatic carbocycles. The van der Waals surface area contributed by atoms with E-state index in [9.17, 15) is 9.59 Å². The fourth-order valence-electron chi connectivity index (χ4n) is 0.937. The van der Waals surface area contributed by atoms with Gasteiger partial charge in [-0.05, 0) is 13.0 Å². The average Bonchev–Trinajstić information content (AvgIpc) is 2.15. The first-order chi connectivity index (χ1) is 7.04. The Bertz CT molecular complexity index is 207. The lowest BCUT2D eigenvalue weighted by Gasteiger charge is -2.09. The molecule has 0 radical (unpaired) electrons. The van der Waals surface area contributed by atoms with Crippen LogP contribution in [-0.2, 0) is 9.53 Å². The van der Waals surface area contributed by atoms with E-state index in [1.165, 1.54) is 0 Å². The molecular weight excluding hydrogens is 198 g/mol. The standard InChI is InChI=1S/C9H19N3O3/c1-12(2)8(13)4-3-5-11-6-7-15-9(10)14/h11H,3-7H2,1-2H3,(H2,10,14). The molecule has 2 amide bonds. The first kappa shape index (κ1) is 13.7. The molecule has 3 N–H and O–H groups in total. The molecule has 0 atom stereocenters. The predicted molar refractivity (Wildman–Crippen MR) is 56.3 cm³/mol. The average molecular weight is 217 g/mol.